The number of halogens is 1. The van der Waals surface area contributed by atoms with E-state index in [9.17, 15) is 14.7 Å². The van der Waals surface area contributed by atoms with Crippen molar-refractivity contribution >= 4 is 43.6 Å². The van der Waals surface area contributed by atoms with Crippen LogP contribution in [-0.4, -0.2) is 27.1 Å². The summed E-state index contributed by atoms with van der Waals surface area (Å²) in [6.07, 6.45) is 0.564. The lowest BCUT2D eigenvalue weighted by molar-refractivity contribution is -0.118. The molecule has 3 aromatic carbocycles. The summed E-state index contributed by atoms with van der Waals surface area (Å²) in [5.74, 6) is -0.704. The van der Waals surface area contributed by atoms with Crippen LogP contribution >= 0.6 is 15.9 Å². The summed E-state index contributed by atoms with van der Waals surface area (Å²) in [5, 5.41) is 16.1. The van der Waals surface area contributed by atoms with Gasteiger partial charge in [0.1, 0.15) is 5.75 Å². The number of aromatic nitrogens is 2. The topological polar surface area (TPSA) is 87.1 Å². The number of carbonyl (C=O) groups excluding carboxylic acids is 1. The molecule has 7 heteroatoms. The molecule has 0 saturated carbocycles. The number of pyridine rings is 1. The van der Waals surface area contributed by atoms with Crippen LogP contribution in [0.3, 0.4) is 0 Å². The molecule has 0 aliphatic heterocycles. The number of hydrogen-bond donors (Lipinski definition) is 3. The molecular weight excluding hydrogens is 518 g/mol. The van der Waals surface area contributed by atoms with Gasteiger partial charge in [0.05, 0.1) is 17.0 Å². The third-order valence-electron chi connectivity index (χ3n) is 6.70. The number of aryl methyl sites for hydroxylation is 1. The average Bonchev–Trinajstić information content (AvgIpc) is 3.24. The van der Waals surface area contributed by atoms with Crippen LogP contribution in [0.5, 0.6) is 5.75 Å². The number of para-hydroxylation sites is 2. The maximum Gasteiger partial charge on any atom is 0.258 e. The van der Waals surface area contributed by atoms with Crippen LogP contribution in [0.2, 0.25) is 0 Å². The van der Waals surface area contributed by atoms with E-state index >= 15 is 0 Å². The van der Waals surface area contributed by atoms with E-state index in [0.717, 1.165) is 32.2 Å². The lowest BCUT2D eigenvalue weighted by Crippen LogP contribution is -2.26. The molecule has 5 aromatic rings. The molecule has 1 atom stereocenters. The van der Waals surface area contributed by atoms with E-state index in [1.54, 1.807) is 11.6 Å². The summed E-state index contributed by atoms with van der Waals surface area (Å²) in [4.78, 5) is 29.0. The van der Waals surface area contributed by atoms with Crippen molar-refractivity contribution in [2.24, 2.45) is 7.05 Å². The van der Waals surface area contributed by atoms with Crippen molar-refractivity contribution in [1.29, 1.82) is 0 Å². The molecule has 0 radical (unpaired) electrons. The highest BCUT2D eigenvalue weighted by molar-refractivity contribution is 9.10. The highest BCUT2D eigenvalue weighted by Gasteiger charge is 2.31. The van der Waals surface area contributed by atoms with Crippen LogP contribution < -0.4 is 10.9 Å². The van der Waals surface area contributed by atoms with Crippen molar-refractivity contribution in [2.75, 3.05) is 6.54 Å². The number of H-pyrrole nitrogens is 1. The Balaban J connectivity index is 1.85. The molecule has 2 aromatic heterocycles. The van der Waals surface area contributed by atoms with Crippen molar-refractivity contribution < 1.29 is 9.90 Å². The Hall–Kier alpha value is -3.84. The van der Waals surface area contributed by atoms with Crippen LogP contribution in [0.4, 0.5) is 0 Å². The van der Waals surface area contributed by atoms with Gasteiger partial charge in [0.2, 0.25) is 5.91 Å². The second-order valence-corrected chi connectivity index (χ2v) is 9.75. The molecule has 3 N–H and O–H groups in total. The number of rotatable bonds is 6. The fourth-order valence-electron chi connectivity index (χ4n) is 5.03. The van der Waals surface area contributed by atoms with E-state index in [1.165, 1.54) is 6.92 Å². The summed E-state index contributed by atoms with van der Waals surface area (Å²) in [5.41, 5.74) is 4.30. The number of benzene rings is 3. The van der Waals surface area contributed by atoms with Crippen molar-refractivity contribution in [1.82, 2.24) is 14.9 Å². The third kappa shape index (κ3) is 4.09. The van der Waals surface area contributed by atoms with Crippen LogP contribution in [0.1, 0.15) is 35.2 Å². The van der Waals surface area contributed by atoms with Crippen molar-refractivity contribution in [3.05, 3.63) is 110 Å². The minimum Gasteiger partial charge on any atom is -0.507 e. The van der Waals surface area contributed by atoms with E-state index in [4.69, 9.17) is 0 Å². The molecule has 0 aliphatic carbocycles. The Bertz CT molecular complexity index is 1670. The fraction of sp³-hybridized carbons (Fsp3) is 0.172. The van der Waals surface area contributed by atoms with Gasteiger partial charge in [-0.05, 0) is 41.8 Å². The summed E-state index contributed by atoms with van der Waals surface area (Å²) < 4.78 is 2.42. The number of hydrogen-bond acceptors (Lipinski definition) is 3. The quantitative estimate of drug-likeness (QED) is 0.270. The predicted molar refractivity (Wildman–Crippen MR) is 147 cm³/mol. The minimum atomic E-state index is -0.580. The fourth-order valence-corrected chi connectivity index (χ4v) is 5.54. The average molecular weight is 544 g/mol. The Morgan fingerprint density at radius 3 is 2.44 bits per heavy atom. The number of aromatic hydroxyl groups is 1. The van der Waals surface area contributed by atoms with Crippen LogP contribution in [0.15, 0.2) is 82.1 Å². The second kappa shape index (κ2) is 9.66. The first kappa shape index (κ1) is 23.9. The number of aromatic amines is 1. The maximum atomic E-state index is 13.8. The lowest BCUT2D eigenvalue weighted by Gasteiger charge is -2.23. The summed E-state index contributed by atoms with van der Waals surface area (Å²) in [6.45, 7) is 1.95. The first-order chi connectivity index (χ1) is 17.4. The van der Waals surface area contributed by atoms with Gasteiger partial charge in [-0.1, -0.05) is 64.5 Å². The number of nitrogens with one attached hydrogen (secondary N) is 2. The molecule has 182 valence electrons. The Morgan fingerprint density at radius 2 is 1.69 bits per heavy atom. The SMILES string of the molecule is CC(=O)NCCc1c(C(c2ccccc2Br)c2c(O)c3ccccc3n(C)c2=O)[nH]c2ccccc12. The molecular formula is C29H26BrN3O3. The molecule has 0 saturated heterocycles. The van der Waals surface area contributed by atoms with Crippen molar-refractivity contribution in [2.45, 2.75) is 19.3 Å². The van der Waals surface area contributed by atoms with Gasteiger partial charge in [-0.2, -0.15) is 0 Å². The standard InChI is InChI=1S/C29H26BrN3O3/c1-17(34)31-16-15-19-18-9-4-7-13-23(18)32-27(19)25(20-10-3-6-12-22(20)30)26-28(35)21-11-5-8-14-24(21)33(2)29(26)36/h3-14,25,32,35H,15-16H2,1-2H3,(H,31,34). The highest BCUT2D eigenvalue weighted by atomic mass is 79.9. The first-order valence-corrected chi connectivity index (χ1v) is 12.6. The molecule has 6 nitrogen and oxygen atoms in total. The third-order valence-corrected chi connectivity index (χ3v) is 7.42. The van der Waals surface area contributed by atoms with Crippen molar-refractivity contribution in [3.63, 3.8) is 0 Å². The van der Waals surface area contributed by atoms with Gasteiger partial charge in [-0.3, -0.25) is 9.59 Å². The molecule has 5 rings (SSSR count). The zero-order valence-corrected chi connectivity index (χ0v) is 21.6. The summed E-state index contributed by atoms with van der Waals surface area (Å²) in [7, 11) is 1.73. The molecule has 0 spiro atoms. The maximum absolute atomic E-state index is 13.8. The number of carbonyl (C=O) groups is 1. The Labute approximate surface area is 216 Å². The molecule has 0 aliphatic rings. The summed E-state index contributed by atoms with van der Waals surface area (Å²) >= 11 is 3.69. The Kier molecular flexibility index (Phi) is 6.41. The lowest BCUT2D eigenvalue weighted by atomic mass is 9.85. The van der Waals surface area contributed by atoms with E-state index in [2.05, 4.69) is 26.2 Å². The first-order valence-electron chi connectivity index (χ1n) is 11.8. The van der Waals surface area contributed by atoms with Crippen LogP contribution in [0.25, 0.3) is 21.8 Å². The monoisotopic (exact) mass is 543 g/mol. The number of amides is 1. The van der Waals surface area contributed by atoms with Gasteiger partial charge in [0, 0.05) is 47.0 Å². The number of nitrogens with zero attached hydrogens (tertiary/aromatic N) is 1. The number of fused-ring (bicyclic) bond motifs is 2. The van der Waals surface area contributed by atoms with Gasteiger partial charge in [-0.25, -0.2) is 0 Å². The zero-order chi connectivity index (χ0) is 25.4. The minimum absolute atomic E-state index is 0.0269. The molecule has 1 amide bonds. The molecule has 0 bridgehead atoms. The molecule has 0 fully saturated rings. The van der Waals surface area contributed by atoms with Gasteiger partial charge < -0.3 is 20.0 Å². The normalized spacial score (nSPS) is 12.2. The van der Waals surface area contributed by atoms with Gasteiger partial charge in [0.15, 0.2) is 0 Å². The second-order valence-electron chi connectivity index (χ2n) is 8.89. The van der Waals surface area contributed by atoms with E-state index in [1.807, 2.05) is 72.8 Å². The van der Waals surface area contributed by atoms with E-state index in [0.29, 0.717) is 29.4 Å². The van der Waals surface area contributed by atoms with E-state index < -0.39 is 5.92 Å². The molecule has 1 unspecified atom stereocenters. The van der Waals surface area contributed by atoms with Gasteiger partial charge in [0.25, 0.3) is 5.56 Å². The smallest absolute Gasteiger partial charge is 0.258 e. The predicted octanol–water partition coefficient (Wildman–Crippen LogP) is 5.35. The van der Waals surface area contributed by atoms with Gasteiger partial charge in [-0.15, -0.1) is 0 Å². The summed E-state index contributed by atoms with van der Waals surface area (Å²) in [6, 6.07) is 23.1. The van der Waals surface area contributed by atoms with Gasteiger partial charge >= 0.3 is 0 Å². The van der Waals surface area contributed by atoms with Crippen LogP contribution in [0, 0.1) is 0 Å². The Morgan fingerprint density at radius 1 is 1.03 bits per heavy atom. The molecule has 36 heavy (non-hydrogen) atoms. The van der Waals surface area contributed by atoms with Crippen molar-refractivity contribution in [3.8, 4) is 5.75 Å². The molecule has 2 heterocycles. The largest absolute Gasteiger partial charge is 0.507 e. The highest BCUT2D eigenvalue weighted by Crippen LogP contribution is 2.42. The zero-order valence-electron chi connectivity index (χ0n) is 20.0. The van der Waals surface area contributed by atoms with E-state index in [-0.39, 0.29) is 17.2 Å². The van der Waals surface area contributed by atoms with Crippen LogP contribution in [-0.2, 0) is 18.3 Å².